The van der Waals surface area contributed by atoms with Gasteiger partial charge in [-0.3, -0.25) is 0 Å². The summed E-state index contributed by atoms with van der Waals surface area (Å²) in [6.07, 6.45) is 1.70. The highest BCUT2D eigenvalue weighted by Gasteiger charge is 2.33. The number of carbonyl (C=O) groups excluding carboxylic acids is 2. The van der Waals surface area contributed by atoms with Crippen molar-refractivity contribution < 1.29 is 23.8 Å². The molecule has 0 aromatic heterocycles. The Bertz CT molecular complexity index is 756. The molecular weight excluding hydrogens is 400 g/mol. The molecule has 140 valence electrons. The van der Waals surface area contributed by atoms with E-state index in [1.54, 1.807) is 32.0 Å². The van der Waals surface area contributed by atoms with Gasteiger partial charge in [-0.15, -0.1) is 0 Å². The van der Waals surface area contributed by atoms with Gasteiger partial charge in [0.2, 0.25) is 0 Å². The Morgan fingerprint density at radius 1 is 0.962 bits per heavy atom. The zero-order valence-corrected chi connectivity index (χ0v) is 16.9. The van der Waals surface area contributed by atoms with E-state index in [0.717, 1.165) is 17.3 Å². The fourth-order valence-corrected chi connectivity index (χ4v) is 3.04. The van der Waals surface area contributed by atoms with Crippen LogP contribution in [-0.2, 0) is 9.47 Å². The molecule has 0 amide bonds. The third-order valence-corrected chi connectivity index (χ3v) is 4.28. The Labute approximate surface area is 162 Å². The number of halogens is 1. The summed E-state index contributed by atoms with van der Waals surface area (Å²) in [5.41, 5.74) is 1.71. The van der Waals surface area contributed by atoms with Gasteiger partial charge in [-0.1, -0.05) is 41.4 Å². The van der Waals surface area contributed by atoms with Gasteiger partial charge in [0.25, 0.3) is 0 Å². The molecule has 0 bridgehead atoms. The number of fused-ring (bicyclic) bond motifs is 1. The Kier molecular flexibility index (Phi) is 7.45. The van der Waals surface area contributed by atoms with Crippen LogP contribution in [0.15, 0.2) is 28.7 Å². The first kappa shape index (κ1) is 20.2. The van der Waals surface area contributed by atoms with Crippen LogP contribution in [-0.4, -0.2) is 31.8 Å². The first-order chi connectivity index (χ1) is 12.5. The first-order valence-corrected chi connectivity index (χ1v) is 9.56. The molecule has 2 rings (SSSR count). The van der Waals surface area contributed by atoms with Crippen LogP contribution in [0.25, 0.3) is 11.1 Å². The number of unbranched alkanes of at least 4 members (excludes halogenated alkanes) is 1. The van der Waals surface area contributed by atoms with Crippen molar-refractivity contribution in [3.05, 3.63) is 39.9 Å². The molecule has 0 saturated carbocycles. The van der Waals surface area contributed by atoms with Crippen LogP contribution in [0.4, 0.5) is 0 Å². The van der Waals surface area contributed by atoms with Crippen LogP contribution in [0.1, 0.15) is 54.3 Å². The topological polar surface area (TPSA) is 61.8 Å². The minimum Gasteiger partial charge on any atom is -0.492 e. The second-order valence-corrected chi connectivity index (χ2v) is 6.52. The molecule has 0 radical (unpaired) electrons. The average molecular weight is 423 g/mol. The van der Waals surface area contributed by atoms with Crippen molar-refractivity contribution in [1.82, 2.24) is 0 Å². The average Bonchev–Trinajstić information content (AvgIpc) is 2.76. The quantitative estimate of drug-likeness (QED) is 0.438. The molecule has 0 unspecified atom stereocenters. The molecule has 0 aromatic carbocycles. The van der Waals surface area contributed by atoms with Crippen LogP contribution in [0.3, 0.4) is 0 Å². The van der Waals surface area contributed by atoms with E-state index in [4.69, 9.17) is 14.2 Å². The van der Waals surface area contributed by atoms with E-state index in [2.05, 4.69) is 15.9 Å². The molecule has 0 heterocycles. The summed E-state index contributed by atoms with van der Waals surface area (Å²) in [7, 11) is 0. The van der Waals surface area contributed by atoms with Gasteiger partial charge in [0, 0.05) is 15.6 Å². The lowest BCUT2D eigenvalue weighted by Crippen LogP contribution is -2.10. The van der Waals surface area contributed by atoms with E-state index in [1.807, 2.05) is 13.0 Å². The molecule has 0 atom stereocenters. The largest absolute Gasteiger partial charge is 0.492 e. The minimum atomic E-state index is -0.522. The van der Waals surface area contributed by atoms with Crippen molar-refractivity contribution in [3.8, 4) is 16.9 Å². The maximum absolute atomic E-state index is 12.7. The Balaban J connectivity index is 2.67. The van der Waals surface area contributed by atoms with Gasteiger partial charge in [-0.25, -0.2) is 9.59 Å². The van der Waals surface area contributed by atoms with Crippen LogP contribution in [0.2, 0.25) is 0 Å². The molecule has 5 nitrogen and oxygen atoms in total. The number of rotatable bonds is 8. The lowest BCUT2D eigenvalue weighted by molar-refractivity contribution is 0.0497. The smallest absolute Gasteiger partial charge is 0.342 e. The third-order valence-electron chi connectivity index (χ3n) is 3.79. The Hall–Kier alpha value is -2.08. The minimum absolute atomic E-state index is 0.223. The second-order valence-electron chi connectivity index (χ2n) is 5.60. The SMILES string of the molecule is CCCCOC(=O)c1c2cccc(Br)cc-2c(C(=O)OCC)c1OCC. The summed E-state index contributed by atoms with van der Waals surface area (Å²) >= 11 is 3.44. The number of ether oxygens (including phenoxy) is 3. The molecule has 0 aliphatic heterocycles. The second kappa shape index (κ2) is 9.57. The first-order valence-electron chi connectivity index (χ1n) is 8.77. The van der Waals surface area contributed by atoms with Gasteiger partial charge < -0.3 is 14.2 Å². The van der Waals surface area contributed by atoms with E-state index >= 15 is 0 Å². The van der Waals surface area contributed by atoms with Crippen molar-refractivity contribution in [2.45, 2.75) is 33.6 Å². The zero-order valence-electron chi connectivity index (χ0n) is 15.3. The van der Waals surface area contributed by atoms with Crippen LogP contribution in [0.5, 0.6) is 5.75 Å². The molecule has 0 saturated heterocycles. The fourth-order valence-electron chi connectivity index (χ4n) is 2.66. The third kappa shape index (κ3) is 4.36. The predicted octanol–water partition coefficient (Wildman–Crippen LogP) is 5.09. The Morgan fingerprint density at radius 3 is 2.31 bits per heavy atom. The van der Waals surface area contributed by atoms with Gasteiger partial charge in [0.15, 0.2) is 0 Å². The van der Waals surface area contributed by atoms with Crippen LogP contribution >= 0.6 is 15.9 Å². The monoisotopic (exact) mass is 422 g/mol. The van der Waals surface area contributed by atoms with Crippen molar-refractivity contribution in [1.29, 1.82) is 0 Å². The number of hydrogen-bond acceptors (Lipinski definition) is 5. The number of esters is 2. The van der Waals surface area contributed by atoms with E-state index in [1.165, 1.54) is 0 Å². The van der Waals surface area contributed by atoms with Gasteiger partial charge in [0.05, 0.1) is 19.8 Å². The van der Waals surface area contributed by atoms with Gasteiger partial charge in [-0.2, -0.15) is 0 Å². The van der Waals surface area contributed by atoms with Crippen LogP contribution < -0.4 is 4.74 Å². The highest BCUT2D eigenvalue weighted by Crippen LogP contribution is 2.43. The maximum atomic E-state index is 12.7. The van der Waals surface area contributed by atoms with E-state index in [9.17, 15) is 9.59 Å². The van der Waals surface area contributed by atoms with E-state index in [-0.39, 0.29) is 23.5 Å². The summed E-state index contributed by atoms with van der Waals surface area (Å²) in [5, 5.41) is 0. The standard InChI is InChI=1S/C20H23BrO5/c1-4-7-11-26-20(23)16-14-10-8-9-13(21)12-15(14)17(18(16)24-5-2)19(22)25-6-3/h8-10,12H,4-7,11H2,1-3H3. The summed E-state index contributed by atoms with van der Waals surface area (Å²) in [5.74, 6) is -0.794. The van der Waals surface area contributed by atoms with E-state index in [0.29, 0.717) is 24.3 Å². The normalized spacial score (nSPS) is 10.6. The maximum Gasteiger partial charge on any atom is 0.342 e. The molecule has 0 fully saturated rings. The Morgan fingerprint density at radius 2 is 1.65 bits per heavy atom. The summed E-state index contributed by atoms with van der Waals surface area (Å²) in [6.45, 7) is 6.42. The van der Waals surface area contributed by atoms with Gasteiger partial charge in [-0.05, 0) is 32.4 Å². The summed E-state index contributed by atoms with van der Waals surface area (Å²) in [6, 6.07) is 7.20. The van der Waals surface area contributed by atoms with Gasteiger partial charge in [0.1, 0.15) is 16.9 Å². The summed E-state index contributed by atoms with van der Waals surface area (Å²) < 4.78 is 17.1. The highest BCUT2D eigenvalue weighted by atomic mass is 79.9. The lowest BCUT2D eigenvalue weighted by Gasteiger charge is -2.09. The van der Waals surface area contributed by atoms with Crippen molar-refractivity contribution in [2.24, 2.45) is 0 Å². The zero-order chi connectivity index (χ0) is 19.1. The lowest BCUT2D eigenvalue weighted by atomic mass is 10.1. The molecule has 26 heavy (non-hydrogen) atoms. The molecule has 0 N–H and O–H groups in total. The molecule has 2 aliphatic rings. The molecule has 6 heteroatoms. The fraction of sp³-hybridized carbons (Fsp3) is 0.400. The summed E-state index contributed by atoms with van der Waals surface area (Å²) in [4.78, 5) is 25.3. The highest BCUT2D eigenvalue weighted by molar-refractivity contribution is 9.10. The van der Waals surface area contributed by atoms with Gasteiger partial charge >= 0.3 is 11.9 Å². The van der Waals surface area contributed by atoms with Crippen molar-refractivity contribution in [2.75, 3.05) is 19.8 Å². The molecular formula is C20H23BrO5. The van der Waals surface area contributed by atoms with Crippen LogP contribution in [0, 0.1) is 0 Å². The molecule has 0 aromatic rings. The number of hydrogen-bond donors (Lipinski definition) is 0. The van der Waals surface area contributed by atoms with Crippen molar-refractivity contribution in [3.63, 3.8) is 0 Å². The molecule has 2 aliphatic carbocycles. The molecule has 0 spiro atoms. The number of carbonyl (C=O) groups is 2. The van der Waals surface area contributed by atoms with E-state index < -0.39 is 11.9 Å². The predicted molar refractivity (Wildman–Crippen MR) is 103 cm³/mol. The van der Waals surface area contributed by atoms with Crippen molar-refractivity contribution >= 4 is 27.9 Å².